The zero-order valence-corrected chi connectivity index (χ0v) is 11.8. The van der Waals surface area contributed by atoms with E-state index < -0.39 is 9.84 Å². The molecule has 1 N–H and O–H groups in total. The molecular weight excluding hydrogens is 246 g/mol. The van der Waals surface area contributed by atoms with E-state index in [9.17, 15) is 8.42 Å². The zero-order valence-electron chi connectivity index (χ0n) is 11.0. The van der Waals surface area contributed by atoms with Crippen LogP contribution in [0.1, 0.15) is 25.0 Å². The Hall–Kier alpha value is -0.870. The lowest BCUT2D eigenvalue weighted by Gasteiger charge is -2.18. The normalized spacial score (nSPS) is 17.7. The molecule has 0 bridgehead atoms. The van der Waals surface area contributed by atoms with Crippen LogP contribution in [0.15, 0.2) is 24.3 Å². The first-order chi connectivity index (χ1) is 8.50. The first-order valence-corrected chi connectivity index (χ1v) is 8.35. The lowest BCUT2D eigenvalue weighted by atomic mass is 10.1. The summed E-state index contributed by atoms with van der Waals surface area (Å²) in [5, 5.41) is 3.44. The van der Waals surface area contributed by atoms with E-state index in [-0.39, 0.29) is 17.5 Å². The Balaban J connectivity index is 1.90. The third-order valence-corrected chi connectivity index (χ3v) is 5.40. The second kappa shape index (κ2) is 5.41. The van der Waals surface area contributed by atoms with Crippen LogP contribution in [-0.2, 0) is 22.7 Å². The smallest absolute Gasteiger partial charge is 0.151 e. The van der Waals surface area contributed by atoms with Crippen molar-refractivity contribution in [2.75, 3.05) is 11.5 Å². The number of hydrogen-bond donors (Lipinski definition) is 1. The molecule has 0 saturated carbocycles. The molecule has 0 fully saturated rings. The summed E-state index contributed by atoms with van der Waals surface area (Å²) in [5.41, 5.74) is 2.78. The standard InChI is InChI=1S/C14H21NO2S/c1-3-18(16,17)10-11(2)15-14-8-12-6-4-5-7-13(12)9-14/h4-7,11,14-15H,3,8-10H2,1-2H3. The highest BCUT2D eigenvalue weighted by molar-refractivity contribution is 7.91. The number of sulfone groups is 1. The summed E-state index contributed by atoms with van der Waals surface area (Å²) >= 11 is 0. The van der Waals surface area contributed by atoms with E-state index in [0.717, 1.165) is 12.8 Å². The predicted octanol–water partition coefficient (Wildman–Crippen LogP) is 1.57. The molecule has 0 radical (unpaired) electrons. The van der Waals surface area contributed by atoms with Gasteiger partial charge in [0, 0.05) is 17.8 Å². The van der Waals surface area contributed by atoms with Crippen molar-refractivity contribution in [3.05, 3.63) is 35.4 Å². The van der Waals surface area contributed by atoms with Crippen LogP contribution in [0.3, 0.4) is 0 Å². The van der Waals surface area contributed by atoms with Crippen molar-refractivity contribution in [2.24, 2.45) is 0 Å². The third-order valence-electron chi connectivity index (χ3n) is 3.51. The van der Waals surface area contributed by atoms with Crippen molar-refractivity contribution in [2.45, 2.75) is 38.8 Å². The Labute approximate surface area is 110 Å². The van der Waals surface area contributed by atoms with Gasteiger partial charge < -0.3 is 5.32 Å². The van der Waals surface area contributed by atoms with Crippen LogP contribution in [0.5, 0.6) is 0 Å². The highest BCUT2D eigenvalue weighted by atomic mass is 32.2. The van der Waals surface area contributed by atoms with Gasteiger partial charge in [-0.05, 0) is 30.9 Å². The van der Waals surface area contributed by atoms with E-state index in [4.69, 9.17) is 0 Å². The molecule has 0 spiro atoms. The van der Waals surface area contributed by atoms with Gasteiger partial charge in [-0.2, -0.15) is 0 Å². The van der Waals surface area contributed by atoms with Gasteiger partial charge in [0.1, 0.15) is 0 Å². The fraction of sp³-hybridized carbons (Fsp3) is 0.571. The summed E-state index contributed by atoms with van der Waals surface area (Å²) in [6, 6.07) is 8.84. The van der Waals surface area contributed by atoms with Gasteiger partial charge in [0.15, 0.2) is 9.84 Å². The van der Waals surface area contributed by atoms with Gasteiger partial charge >= 0.3 is 0 Å². The summed E-state index contributed by atoms with van der Waals surface area (Å²) < 4.78 is 23.1. The van der Waals surface area contributed by atoms with Crippen LogP contribution in [0.4, 0.5) is 0 Å². The van der Waals surface area contributed by atoms with Crippen molar-refractivity contribution < 1.29 is 8.42 Å². The lowest BCUT2D eigenvalue weighted by Crippen LogP contribution is -2.41. The maximum atomic E-state index is 11.6. The largest absolute Gasteiger partial charge is 0.310 e. The SMILES string of the molecule is CCS(=O)(=O)CC(C)NC1Cc2ccccc2C1. The Morgan fingerprint density at radius 2 is 1.83 bits per heavy atom. The topological polar surface area (TPSA) is 46.2 Å². The summed E-state index contributed by atoms with van der Waals surface area (Å²) in [7, 11) is -2.89. The number of benzene rings is 1. The maximum absolute atomic E-state index is 11.6. The molecule has 100 valence electrons. The third kappa shape index (κ3) is 3.33. The fourth-order valence-electron chi connectivity index (χ4n) is 2.63. The summed E-state index contributed by atoms with van der Waals surface area (Å²) in [4.78, 5) is 0. The van der Waals surface area contributed by atoms with Crippen LogP contribution < -0.4 is 5.32 Å². The maximum Gasteiger partial charge on any atom is 0.151 e. The fourth-order valence-corrected chi connectivity index (χ4v) is 3.72. The molecule has 3 nitrogen and oxygen atoms in total. The van der Waals surface area contributed by atoms with Gasteiger partial charge in [-0.15, -0.1) is 0 Å². The van der Waals surface area contributed by atoms with Crippen molar-refractivity contribution in [1.82, 2.24) is 5.32 Å². The van der Waals surface area contributed by atoms with E-state index >= 15 is 0 Å². The van der Waals surface area contributed by atoms with Gasteiger partial charge in [0.05, 0.1) is 5.75 Å². The Morgan fingerprint density at radius 1 is 1.28 bits per heavy atom. The monoisotopic (exact) mass is 267 g/mol. The molecule has 0 heterocycles. The Morgan fingerprint density at radius 3 is 2.33 bits per heavy atom. The van der Waals surface area contributed by atoms with Crippen LogP contribution in [0.2, 0.25) is 0 Å². The molecular formula is C14H21NO2S. The minimum atomic E-state index is -2.89. The summed E-state index contributed by atoms with van der Waals surface area (Å²) in [6.07, 6.45) is 2.01. The van der Waals surface area contributed by atoms with E-state index in [1.165, 1.54) is 11.1 Å². The van der Waals surface area contributed by atoms with E-state index in [1.807, 2.05) is 6.92 Å². The van der Waals surface area contributed by atoms with Crippen molar-refractivity contribution in [3.63, 3.8) is 0 Å². The van der Waals surface area contributed by atoms with E-state index in [0.29, 0.717) is 6.04 Å². The molecule has 1 aromatic carbocycles. The van der Waals surface area contributed by atoms with Crippen LogP contribution in [-0.4, -0.2) is 32.0 Å². The Bertz CT molecular complexity index is 485. The van der Waals surface area contributed by atoms with Gasteiger partial charge in [0.2, 0.25) is 0 Å². The van der Waals surface area contributed by atoms with Crippen molar-refractivity contribution in [1.29, 1.82) is 0 Å². The molecule has 0 aliphatic heterocycles. The molecule has 4 heteroatoms. The average molecular weight is 267 g/mol. The van der Waals surface area contributed by atoms with Gasteiger partial charge in [0.25, 0.3) is 0 Å². The predicted molar refractivity (Wildman–Crippen MR) is 74.6 cm³/mol. The highest BCUT2D eigenvalue weighted by Gasteiger charge is 2.23. The Kier molecular flexibility index (Phi) is 4.07. The first-order valence-electron chi connectivity index (χ1n) is 6.53. The molecule has 1 aromatic rings. The molecule has 0 aromatic heterocycles. The van der Waals surface area contributed by atoms with Crippen molar-refractivity contribution >= 4 is 9.84 Å². The highest BCUT2D eigenvalue weighted by Crippen LogP contribution is 2.21. The average Bonchev–Trinajstić information content (AvgIpc) is 2.70. The van der Waals surface area contributed by atoms with Crippen LogP contribution >= 0.6 is 0 Å². The number of nitrogens with one attached hydrogen (secondary N) is 1. The number of rotatable bonds is 5. The number of hydrogen-bond acceptors (Lipinski definition) is 3. The van der Waals surface area contributed by atoms with Crippen LogP contribution in [0, 0.1) is 0 Å². The molecule has 18 heavy (non-hydrogen) atoms. The zero-order chi connectivity index (χ0) is 13.2. The van der Waals surface area contributed by atoms with Crippen molar-refractivity contribution in [3.8, 4) is 0 Å². The molecule has 0 amide bonds. The molecule has 1 unspecified atom stereocenters. The summed E-state index contributed by atoms with van der Waals surface area (Å²) in [5.74, 6) is 0.459. The molecule has 0 saturated heterocycles. The van der Waals surface area contributed by atoms with Crippen LogP contribution in [0.25, 0.3) is 0 Å². The van der Waals surface area contributed by atoms with Gasteiger partial charge in [-0.3, -0.25) is 0 Å². The minimum Gasteiger partial charge on any atom is -0.310 e. The molecule has 2 rings (SSSR count). The minimum absolute atomic E-state index is 0.0225. The molecule has 1 aliphatic carbocycles. The van der Waals surface area contributed by atoms with E-state index in [2.05, 4.69) is 29.6 Å². The lowest BCUT2D eigenvalue weighted by molar-refractivity contribution is 0.474. The van der Waals surface area contributed by atoms with E-state index in [1.54, 1.807) is 6.92 Å². The molecule has 1 atom stereocenters. The second-order valence-electron chi connectivity index (χ2n) is 5.14. The summed E-state index contributed by atoms with van der Waals surface area (Å²) in [6.45, 7) is 3.66. The molecule has 1 aliphatic rings. The number of fused-ring (bicyclic) bond motifs is 1. The quantitative estimate of drug-likeness (QED) is 0.881. The van der Waals surface area contributed by atoms with Gasteiger partial charge in [-0.1, -0.05) is 31.2 Å². The van der Waals surface area contributed by atoms with Gasteiger partial charge in [-0.25, -0.2) is 8.42 Å². The second-order valence-corrected chi connectivity index (χ2v) is 7.54. The first kappa shape index (κ1) is 13.6.